The third kappa shape index (κ3) is 4.34. The van der Waals surface area contributed by atoms with E-state index in [-0.39, 0.29) is 17.1 Å². The first kappa shape index (κ1) is 22.2. The molecular formula is C22H21ClN4O4. The summed E-state index contributed by atoms with van der Waals surface area (Å²) in [5, 5.41) is 18.9. The molecule has 9 heteroatoms. The van der Waals surface area contributed by atoms with Crippen molar-refractivity contribution in [2.75, 3.05) is 5.32 Å². The number of carbonyl (C=O) groups is 1. The van der Waals surface area contributed by atoms with Crippen molar-refractivity contribution in [1.82, 2.24) is 9.78 Å². The van der Waals surface area contributed by atoms with Crippen LogP contribution in [0.1, 0.15) is 41.2 Å². The molecule has 0 radical (unpaired) electrons. The highest BCUT2D eigenvalue weighted by Gasteiger charge is 2.22. The van der Waals surface area contributed by atoms with E-state index in [1.165, 1.54) is 28.9 Å². The van der Waals surface area contributed by atoms with Crippen molar-refractivity contribution in [2.45, 2.75) is 33.6 Å². The molecule has 3 rings (SSSR count). The van der Waals surface area contributed by atoms with Crippen LogP contribution in [0.4, 0.5) is 11.4 Å². The van der Waals surface area contributed by atoms with Gasteiger partial charge >= 0.3 is 0 Å². The van der Waals surface area contributed by atoms with Gasteiger partial charge in [0.05, 0.1) is 4.92 Å². The molecule has 0 bridgehead atoms. The molecule has 0 aliphatic rings. The number of nitrogens with one attached hydrogen (secondary N) is 1. The van der Waals surface area contributed by atoms with Crippen LogP contribution in [0.2, 0.25) is 5.02 Å². The van der Waals surface area contributed by atoms with Gasteiger partial charge in [0.25, 0.3) is 11.6 Å². The number of halogens is 1. The molecule has 0 unspecified atom stereocenters. The van der Waals surface area contributed by atoms with E-state index in [1.807, 2.05) is 19.9 Å². The zero-order valence-electron chi connectivity index (χ0n) is 17.3. The van der Waals surface area contributed by atoms with E-state index in [1.54, 1.807) is 19.1 Å². The molecule has 1 amide bonds. The van der Waals surface area contributed by atoms with Crippen molar-refractivity contribution in [3.63, 3.8) is 0 Å². The number of aryl methyl sites for hydroxylation is 2. The first-order valence-corrected chi connectivity index (χ1v) is 10.1. The summed E-state index contributed by atoms with van der Waals surface area (Å²) in [6, 6.07) is 10.8. The molecule has 2 aromatic carbocycles. The Morgan fingerprint density at radius 3 is 2.55 bits per heavy atom. The molecular weight excluding hydrogens is 420 g/mol. The van der Waals surface area contributed by atoms with Crippen LogP contribution in [0.25, 0.3) is 5.69 Å². The Bertz CT molecular complexity index is 1240. The van der Waals surface area contributed by atoms with Crippen LogP contribution in [-0.2, 0) is 12.8 Å². The Morgan fingerprint density at radius 1 is 1.19 bits per heavy atom. The predicted molar refractivity (Wildman–Crippen MR) is 119 cm³/mol. The van der Waals surface area contributed by atoms with E-state index in [0.29, 0.717) is 29.2 Å². The molecule has 0 saturated heterocycles. The number of aromatic nitrogens is 2. The zero-order valence-corrected chi connectivity index (χ0v) is 18.1. The van der Waals surface area contributed by atoms with Gasteiger partial charge in [0.2, 0.25) is 5.43 Å². The van der Waals surface area contributed by atoms with Crippen LogP contribution in [0.15, 0.2) is 47.3 Å². The lowest BCUT2D eigenvalue weighted by atomic mass is 10.0. The molecule has 0 fully saturated rings. The molecule has 31 heavy (non-hydrogen) atoms. The number of nitrogens with zero attached hydrogens (tertiary/aromatic N) is 3. The molecule has 160 valence electrons. The number of nitro groups is 1. The van der Waals surface area contributed by atoms with E-state index < -0.39 is 16.3 Å². The molecule has 0 atom stereocenters. The van der Waals surface area contributed by atoms with Crippen molar-refractivity contribution in [1.29, 1.82) is 0 Å². The first-order chi connectivity index (χ1) is 14.8. The minimum atomic E-state index is -0.705. The summed E-state index contributed by atoms with van der Waals surface area (Å²) in [4.78, 5) is 36.5. The topological polar surface area (TPSA) is 107 Å². The molecule has 0 aliphatic heterocycles. The number of benzene rings is 2. The van der Waals surface area contributed by atoms with Crippen LogP contribution in [0, 0.1) is 17.0 Å². The lowest BCUT2D eigenvalue weighted by Crippen LogP contribution is -2.27. The molecule has 0 aliphatic carbocycles. The van der Waals surface area contributed by atoms with E-state index in [2.05, 4.69) is 10.4 Å². The SMILES string of the molecule is CCc1ccc(Cl)c(CC)c1NC(=O)c1nn(-c2ccccc2[N+](=O)[O-])c(C)cc1=O. The fourth-order valence-corrected chi connectivity index (χ4v) is 3.68. The average molecular weight is 441 g/mol. The van der Waals surface area contributed by atoms with Crippen molar-refractivity contribution < 1.29 is 9.72 Å². The fourth-order valence-electron chi connectivity index (χ4n) is 3.39. The molecule has 0 spiro atoms. The smallest absolute Gasteiger partial charge is 0.294 e. The van der Waals surface area contributed by atoms with Gasteiger partial charge in [0.1, 0.15) is 5.69 Å². The number of hydrogen-bond acceptors (Lipinski definition) is 5. The number of carbonyl (C=O) groups excluding carboxylic acids is 1. The van der Waals surface area contributed by atoms with E-state index in [9.17, 15) is 19.7 Å². The number of para-hydroxylation sites is 2. The number of hydrogen-bond donors (Lipinski definition) is 1. The van der Waals surface area contributed by atoms with Gasteiger partial charge in [-0.2, -0.15) is 5.10 Å². The van der Waals surface area contributed by atoms with Crippen LogP contribution in [-0.4, -0.2) is 20.6 Å². The second-order valence-electron chi connectivity index (χ2n) is 6.88. The number of rotatable bonds is 6. The quantitative estimate of drug-likeness (QED) is 0.449. The monoisotopic (exact) mass is 440 g/mol. The maximum Gasteiger partial charge on any atom is 0.294 e. The zero-order chi connectivity index (χ0) is 22.7. The third-order valence-corrected chi connectivity index (χ3v) is 5.30. The highest BCUT2D eigenvalue weighted by Crippen LogP contribution is 2.30. The second kappa shape index (κ2) is 9.09. The fraction of sp³-hybridized carbons (Fsp3) is 0.227. The van der Waals surface area contributed by atoms with Crippen molar-refractivity contribution in [3.8, 4) is 5.69 Å². The van der Waals surface area contributed by atoms with Crippen molar-refractivity contribution in [3.05, 3.63) is 90.3 Å². The van der Waals surface area contributed by atoms with Gasteiger partial charge in [-0.05, 0) is 43.0 Å². The molecule has 1 heterocycles. The summed E-state index contributed by atoms with van der Waals surface area (Å²) in [7, 11) is 0. The number of nitro benzene ring substituents is 1. The predicted octanol–water partition coefficient (Wildman–Crippen LogP) is 4.48. The van der Waals surface area contributed by atoms with Crippen LogP contribution in [0.5, 0.6) is 0 Å². The highest BCUT2D eigenvalue weighted by atomic mass is 35.5. The maximum absolute atomic E-state index is 13.0. The van der Waals surface area contributed by atoms with Crippen molar-refractivity contribution >= 4 is 28.9 Å². The van der Waals surface area contributed by atoms with Gasteiger partial charge in [-0.25, -0.2) is 4.68 Å². The average Bonchev–Trinajstić information content (AvgIpc) is 2.74. The second-order valence-corrected chi connectivity index (χ2v) is 7.28. The van der Waals surface area contributed by atoms with Gasteiger partial charge in [0.15, 0.2) is 5.69 Å². The number of anilines is 1. The van der Waals surface area contributed by atoms with Gasteiger partial charge in [-0.15, -0.1) is 0 Å². The Balaban J connectivity index is 2.11. The maximum atomic E-state index is 13.0. The van der Waals surface area contributed by atoms with Crippen LogP contribution in [0.3, 0.4) is 0 Å². The van der Waals surface area contributed by atoms with E-state index in [0.717, 1.165) is 11.1 Å². The standard InChI is InChI=1S/C22H21ClN4O4/c1-4-14-10-11-16(23)15(5-2)20(14)24-22(29)21-19(28)12-13(3)26(25-21)17-8-6-7-9-18(17)27(30)31/h6-12H,4-5H2,1-3H3,(H,24,29). The molecule has 1 aromatic heterocycles. The van der Waals surface area contributed by atoms with Crippen LogP contribution < -0.4 is 10.7 Å². The highest BCUT2D eigenvalue weighted by molar-refractivity contribution is 6.32. The third-order valence-electron chi connectivity index (χ3n) is 4.94. The van der Waals surface area contributed by atoms with Gasteiger partial charge in [-0.3, -0.25) is 19.7 Å². The first-order valence-electron chi connectivity index (χ1n) is 9.74. The largest absolute Gasteiger partial charge is 0.320 e. The normalized spacial score (nSPS) is 10.7. The Hall–Kier alpha value is -3.52. The minimum absolute atomic E-state index is 0.158. The summed E-state index contributed by atoms with van der Waals surface area (Å²) in [5.74, 6) is -0.705. The lowest BCUT2D eigenvalue weighted by Gasteiger charge is -2.16. The number of amides is 1. The van der Waals surface area contributed by atoms with Gasteiger partial charge in [-0.1, -0.05) is 43.6 Å². The molecule has 1 N–H and O–H groups in total. The molecule has 8 nitrogen and oxygen atoms in total. The Morgan fingerprint density at radius 2 is 1.90 bits per heavy atom. The Labute approximate surface area is 183 Å². The van der Waals surface area contributed by atoms with E-state index >= 15 is 0 Å². The summed E-state index contributed by atoms with van der Waals surface area (Å²) in [6.45, 7) is 5.46. The summed E-state index contributed by atoms with van der Waals surface area (Å²) >= 11 is 6.30. The lowest BCUT2D eigenvalue weighted by molar-refractivity contribution is -0.384. The van der Waals surface area contributed by atoms with Gasteiger partial charge < -0.3 is 5.32 Å². The summed E-state index contributed by atoms with van der Waals surface area (Å²) < 4.78 is 1.23. The van der Waals surface area contributed by atoms with E-state index in [4.69, 9.17) is 11.6 Å². The van der Waals surface area contributed by atoms with Gasteiger partial charge in [0, 0.05) is 28.5 Å². The summed E-state index contributed by atoms with van der Waals surface area (Å²) in [5.41, 5.74) is 1.58. The minimum Gasteiger partial charge on any atom is -0.320 e. The summed E-state index contributed by atoms with van der Waals surface area (Å²) in [6.07, 6.45) is 1.24. The van der Waals surface area contributed by atoms with Crippen molar-refractivity contribution in [2.24, 2.45) is 0 Å². The molecule has 0 saturated carbocycles. The van der Waals surface area contributed by atoms with Crippen LogP contribution >= 0.6 is 11.6 Å². The Kier molecular flexibility index (Phi) is 6.50. The molecule has 3 aromatic rings.